The fraction of sp³-hybridized carbons (Fsp3) is 0.371. The third-order valence-electron chi connectivity index (χ3n) is 14.8. The summed E-state index contributed by atoms with van der Waals surface area (Å²) in [5.74, 6) is 4.63. The zero-order valence-electron chi connectivity index (χ0n) is 78.9. The summed E-state index contributed by atoms with van der Waals surface area (Å²) < 4.78 is 24.2. The van der Waals surface area contributed by atoms with Crippen LogP contribution >= 0.6 is 23.5 Å². The summed E-state index contributed by atoms with van der Waals surface area (Å²) in [5, 5.41) is 3.36. The maximum absolute atomic E-state index is 9.06. The molecule has 0 aliphatic heterocycles. The van der Waals surface area contributed by atoms with Gasteiger partial charge in [0.05, 0.1) is 31.0 Å². The van der Waals surface area contributed by atoms with Gasteiger partial charge in [0.15, 0.2) is 0 Å². The van der Waals surface area contributed by atoms with Crippen LogP contribution in [0.3, 0.4) is 0 Å². The van der Waals surface area contributed by atoms with Crippen LogP contribution in [-0.4, -0.2) is 138 Å². The van der Waals surface area contributed by atoms with Crippen LogP contribution in [0, 0.1) is 69.2 Å². The Balaban J connectivity index is -0.000000309. The van der Waals surface area contributed by atoms with Crippen molar-refractivity contribution in [3.05, 3.63) is 360 Å². The molecule has 13 heterocycles. The van der Waals surface area contributed by atoms with Crippen LogP contribution in [0.1, 0.15) is 183 Å². The van der Waals surface area contributed by atoms with Crippen LogP contribution < -0.4 is 19.5 Å². The first-order valence-corrected chi connectivity index (χ1v) is 43.9. The van der Waals surface area contributed by atoms with E-state index in [1.54, 1.807) is 77.3 Å². The number of pyridine rings is 13. The minimum absolute atomic E-state index is 0. The van der Waals surface area contributed by atoms with Crippen molar-refractivity contribution < 1.29 is 28.5 Å². The molecule has 0 radical (unpaired) electrons. The largest absolute Gasteiger partial charge is 0.494 e. The van der Waals surface area contributed by atoms with Crippen molar-refractivity contribution >= 4 is 29.9 Å². The normalized spacial score (nSPS) is 8.83. The highest BCUT2D eigenvalue weighted by molar-refractivity contribution is 7.99. The minimum Gasteiger partial charge on any atom is -0.494 e. The first-order chi connectivity index (χ1) is 60.0. The number of nitrogens with zero attached hydrogens (tertiary/aromatic N) is 13. The van der Waals surface area contributed by atoms with Crippen LogP contribution in [-0.2, 0) is 46.4 Å². The molecule has 0 atom stereocenters. The summed E-state index contributed by atoms with van der Waals surface area (Å²) in [5.41, 5.74) is 17.6. The van der Waals surface area contributed by atoms with E-state index in [0.29, 0.717) is 32.1 Å². The van der Waals surface area contributed by atoms with Gasteiger partial charge in [-0.3, -0.25) is 59.6 Å². The Labute approximate surface area is 776 Å². The highest BCUT2D eigenvalue weighted by atomic mass is 32.2. The van der Waals surface area contributed by atoms with Gasteiger partial charge >= 0.3 is 0 Å². The van der Waals surface area contributed by atoms with Crippen LogP contribution in [0.15, 0.2) is 285 Å². The van der Waals surface area contributed by atoms with Gasteiger partial charge in [-0.25, -0.2) is 9.97 Å². The van der Waals surface area contributed by atoms with E-state index in [4.69, 9.17) is 19.0 Å². The number of nitrogens with one attached hydrogen (secondary N) is 1. The first kappa shape index (κ1) is 126. The lowest BCUT2D eigenvalue weighted by Crippen LogP contribution is -1.98. The number of hydrogen-bond acceptors (Lipinski definition) is 21. The molecule has 0 fully saturated rings. The Hall–Kier alpha value is -11.6. The molecule has 0 bridgehead atoms. The van der Waals surface area contributed by atoms with E-state index >= 15 is 0 Å². The summed E-state index contributed by atoms with van der Waals surface area (Å²) in [6.45, 7) is 45.8. The fourth-order valence-corrected chi connectivity index (χ4v) is 9.73. The molecule has 0 saturated heterocycles. The molecular formula is C105H156N14O6S2. The SMILES string of the molecule is C.C.C.CCOC.CCOc1ccccn1.CCOc1cccnc1.CCOc1ccncc1.CCSc1ccccn1.CCSc1ccncc1.CCc1cc(C)ccn1.CCc1ccc(C)cn1.CCc1cccc(C)n1.CCc1cccc(C)n1.CCc1ncccc1C.CNC=O.COC.Cc1ccc(C)nc1.Cc1ccc(C)nc1.Cc1ccccn1. The predicted octanol–water partition coefficient (Wildman–Crippen LogP) is 25.6. The second-order valence-electron chi connectivity index (χ2n) is 25.6. The van der Waals surface area contributed by atoms with Crippen molar-refractivity contribution in [2.75, 3.05) is 66.3 Å². The van der Waals surface area contributed by atoms with Gasteiger partial charge < -0.3 is 29.0 Å². The minimum atomic E-state index is 0. The lowest BCUT2D eigenvalue weighted by Gasteiger charge is -1.98. The number of ether oxygens (including phenoxy) is 5. The summed E-state index contributed by atoms with van der Waals surface area (Å²) in [4.78, 5) is 63.4. The Morgan fingerprint density at radius 3 is 1.11 bits per heavy atom. The van der Waals surface area contributed by atoms with Gasteiger partial charge in [0.2, 0.25) is 12.3 Å². The van der Waals surface area contributed by atoms with E-state index in [1.807, 2.05) is 296 Å². The summed E-state index contributed by atoms with van der Waals surface area (Å²) in [6.07, 6.45) is 30.9. The van der Waals surface area contributed by atoms with E-state index in [1.165, 1.54) is 61.2 Å². The Kier molecular flexibility index (Phi) is 91.6. The number of thioether (sulfide) groups is 2. The number of methoxy groups -OCH3 is 2. The van der Waals surface area contributed by atoms with Crippen molar-refractivity contribution in [2.24, 2.45) is 0 Å². The van der Waals surface area contributed by atoms with Crippen LogP contribution in [0.2, 0.25) is 0 Å². The second-order valence-corrected chi connectivity index (χ2v) is 28.2. The number of rotatable bonds is 17. The molecule has 22 heteroatoms. The molecule has 0 aliphatic carbocycles. The molecular weight excluding hydrogens is 1620 g/mol. The topological polar surface area (TPSA) is 243 Å². The fourth-order valence-electron chi connectivity index (χ4n) is 8.47. The number of carbonyl (C=O) groups is 1. The number of aryl methyl sites for hydroxylation is 15. The zero-order chi connectivity index (χ0) is 92.7. The zero-order valence-corrected chi connectivity index (χ0v) is 80.5. The molecule has 1 amide bonds. The average molecular weight is 1770 g/mol. The summed E-state index contributed by atoms with van der Waals surface area (Å²) in [7, 11) is 6.49. The second kappa shape index (κ2) is 92.1. The quantitative estimate of drug-likeness (QED) is 0.0658. The van der Waals surface area contributed by atoms with Crippen molar-refractivity contribution in [1.82, 2.24) is 70.1 Å². The highest BCUT2D eigenvalue weighted by Crippen LogP contribution is 2.15. The van der Waals surface area contributed by atoms with E-state index in [0.717, 1.165) is 95.2 Å². The maximum Gasteiger partial charge on any atom is 0.213 e. The predicted molar refractivity (Wildman–Crippen MR) is 541 cm³/mol. The van der Waals surface area contributed by atoms with Crippen molar-refractivity contribution in [3.8, 4) is 17.4 Å². The molecule has 694 valence electrons. The van der Waals surface area contributed by atoms with E-state index in [2.05, 4.69) is 178 Å². The van der Waals surface area contributed by atoms with Gasteiger partial charge in [-0.2, -0.15) is 0 Å². The number of amides is 1. The maximum atomic E-state index is 9.06. The van der Waals surface area contributed by atoms with Gasteiger partial charge in [-0.1, -0.05) is 125 Å². The van der Waals surface area contributed by atoms with Crippen LogP contribution in [0.25, 0.3) is 0 Å². The van der Waals surface area contributed by atoms with E-state index in [-0.39, 0.29) is 22.3 Å². The highest BCUT2D eigenvalue weighted by Gasteiger charge is 1.95. The lowest BCUT2D eigenvalue weighted by atomic mass is 10.2. The van der Waals surface area contributed by atoms with Crippen molar-refractivity contribution in [2.45, 2.75) is 210 Å². The molecule has 20 nitrogen and oxygen atoms in total. The molecule has 127 heavy (non-hydrogen) atoms. The third kappa shape index (κ3) is 80.1. The summed E-state index contributed by atoms with van der Waals surface area (Å²) in [6, 6.07) is 61.5. The van der Waals surface area contributed by atoms with Gasteiger partial charge in [0.25, 0.3) is 0 Å². The molecule has 0 aliphatic rings. The van der Waals surface area contributed by atoms with Crippen LogP contribution in [0.4, 0.5) is 0 Å². The number of hydrogen-bond donors (Lipinski definition) is 1. The lowest BCUT2D eigenvalue weighted by molar-refractivity contribution is -0.109. The van der Waals surface area contributed by atoms with Crippen LogP contribution in [0.5, 0.6) is 17.4 Å². The van der Waals surface area contributed by atoms with E-state index < -0.39 is 0 Å². The first-order valence-electron chi connectivity index (χ1n) is 41.9. The van der Waals surface area contributed by atoms with Gasteiger partial charge in [-0.15, -0.1) is 23.5 Å². The smallest absolute Gasteiger partial charge is 0.213 e. The van der Waals surface area contributed by atoms with Crippen molar-refractivity contribution in [1.29, 1.82) is 0 Å². The molecule has 0 aromatic carbocycles. The standard InChI is InChI=1S/5C8H11N.3C7H9NO.2C7H9NS.2C7H9N.C6H7N.C3H8O.C2H5NO.C2H6O.3CH4/c1-3-8-6-7(2)4-5-9-8;1-3-8-5-4-7(2)6-9-8;1-3-8-7(2)5-4-6-9-8;2*1-3-8-6-4-5-7(2)9-8;1-2-9-7-3-5-8-6-4-7;1-2-9-7-4-3-5-8-6-7;1-2-9-7-5-3-4-6-8-7;1-2-9-7-3-5-8-6-4-7;1-2-9-7-5-3-4-6-8-7;2*1-6-3-4-7(2)8-5-6;1-6-4-2-3-5-7-6;1-3-4-2;1-3-2-4;1-3-2;;;/h5*4-6H,3H2,1-2H3;5*3-6H,2H2,1H3;2*3-5H,1-2H3;2-5H,1H3;3H2,1-2H3;2H,1H3,(H,3,4);1-2H3;3*1H4. The molecule has 13 aromatic heterocycles. The average Bonchev–Trinajstić information content (AvgIpc) is 0.924. The molecule has 1 N–H and O–H groups in total. The Bertz CT molecular complexity index is 4020. The van der Waals surface area contributed by atoms with E-state index in [9.17, 15) is 0 Å². The number of aromatic nitrogens is 13. The third-order valence-corrected chi connectivity index (χ3v) is 16.5. The molecule has 13 rings (SSSR count). The van der Waals surface area contributed by atoms with Gasteiger partial charge in [-0.05, 0) is 296 Å². The van der Waals surface area contributed by atoms with Gasteiger partial charge in [0.1, 0.15) is 11.5 Å². The Morgan fingerprint density at radius 1 is 0.331 bits per heavy atom. The molecule has 13 aromatic rings. The van der Waals surface area contributed by atoms with Gasteiger partial charge in [0, 0.05) is 183 Å². The van der Waals surface area contributed by atoms with Crippen molar-refractivity contribution in [3.63, 3.8) is 0 Å². The summed E-state index contributed by atoms with van der Waals surface area (Å²) >= 11 is 3.60. The Morgan fingerprint density at radius 2 is 0.780 bits per heavy atom. The molecule has 0 saturated carbocycles. The molecule has 0 spiro atoms. The molecule has 0 unspecified atom stereocenters. The number of carbonyl (C=O) groups excluding carboxylic acids is 1. The monoisotopic (exact) mass is 1770 g/mol.